The smallest absolute Gasteiger partial charge is 0.296 e. The zero-order valence-corrected chi connectivity index (χ0v) is 24.0. The van der Waals surface area contributed by atoms with Gasteiger partial charge in [0.1, 0.15) is 29.7 Å². The molecule has 10 heteroatoms. The number of ketones is 1. The minimum Gasteiger partial charge on any atom is -0.488 e. The van der Waals surface area contributed by atoms with Crippen molar-refractivity contribution in [3.8, 4) is 11.8 Å². The fourth-order valence-corrected chi connectivity index (χ4v) is 6.00. The number of aryl methyl sites for hydroxylation is 2. The quantitative estimate of drug-likeness (QED) is 0.234. The Morgan fingerprint density at radius 2 is 1.93 bits per heavy atom. The average molecular weight is 617 g/mol. The molecular formula is C31H26BrFN4O4. The number of nitrogens with two attached hydrogens (primary N) is 1. The van der Waals surface area contributed by atoms with Crippen LogP contribution in [0.1, 0.15) is 47.4 Å². The molecule has 8 nitrogen and oxygen atoms in total. The third-order valence-electron chi connectivity index (χ3n) is 7.54. The summed E-state index contributed by atoms with van der Waals surface area (Å²) in [6.45, 7) is 4.14. The Bertz CT molecular complexity index is 1710. The highest BCUT2D eigenvalue weighted by atomic mass is 79.9. The van der Waals surface area contributed by atoms with E-state index >= 15 is 0 Å². The number of nitro benzene ring substituents is 1. The molecule has 0 fully saturated rings. The van der Waals surface area contributed by atoms with Crippen LogP contribution in [0.4, 0.5) is 15.8 Å². The van der Waals surface area contributed by atoms with Crippen molar-refractivity contribution < 1.29 is 18.8 Å². The first-order valence-electron chi connectivity index (χ1n) is 13.0. The zero-order chi connectivity index (χ0) is 29.4. The highest BCUT2D eigenvalue weighted by Gasteiger charge is 2.42. The molecule has 5 rings (SSSR count). The Labute approximate surface area is 244 Å². The lowest BCUT2D eigenvalue weighted by atomic mass is 9.74. The van der Waals surface area contributed by atoms with Crippen molar-refractivity contribution in [1.82, 2.24) is 0 Å². The Morgan fingerprint density at radius 1 is 1.17 bits per heavy atom. The van der Waals surface area contributed by atoms with Crippen molar-refractivity contribution in [2.75, 3.05) is 4.90 Å². The Kier molecular flexibility index (Phi) is 7.65. The van der Waals surface area contributed by atoms with Gasteiger partial charge in [-0.15, -0.1) is 0 Å². The topological polar surface area (TPSA) is 122 Å². The fourth-order valence-electron chi connectivity index (χ4n) is 5.60. The summed E-state index contributed by atoms with van der Waals surface area (Å²) in [6, 6.07) is 16.8. The number of nitriles is 1. The van der Waals surface area contributed by atoms with E-state index in [0.29, 0.717) is 29.9 Å². The summed E-state index contributed by atoms with van der Waals surface area (Å²) in [6.07, 6.45) is 1.20. The van der Waals surface area contributed by atoms with Crippen LogP contribution in [0.3, 0.4) is 0 Å². The summed E-state index contributed by atoms with van der Waals surface area (Å²) in [4.78, 5) is 26.1. The molecule has 1 atom stereocenters. The van der Waals surface area contributed by atoms with Gasteiger partial charge < -0.3 is 10.5 Å². The van der Waals surface area contributed by atoms with Gasteiger partial charge in [-0.25, -0.2) is 4.39 Å². The lowest BCUT2D eigenvalue weighted by Gasteiger charge is -2.39. The van der Waals surface area contributed by atoms with E-state index in [-0.39, 0.29) is 35.9 Å². The molecule has 3 aromatic rings. The number of nitrogens with zero attached hydrogens (tertiary/aromatic N) is 3. The molecule has 0 saturated heterocycles. The van der Waals surface area contributed by atoms with Gasteiger partial charge in [-0.1, -0.05) is 24.3 Å². The second-order valence-corrected chi connectivity index (χ2v) is 10.9. The fraction of sp³-hybridized carbons (Fsp3) is 0.226. The van der Waals surface area contributed by atoms with E-state index in [1.54, 1.807) is 0 Å². The lowest BCUT2D eigenvalue weighted by Crippen LogP contribution is -2.39. The van der Waals surface area contributed by atoms with Crippen LogP contribution >= 0.6 is 15.9 Å². The van der Waals surface area contributed by atoms with Crippen molar-refractivity contribution in [3.63, 3.8) is 0 Å². The third kappa shape index (κ3) is 5.09. The van der Waals surface area contributed by atoms with Gasteiger partial charge in [0.25, 0.3) is 5.69 Å². The number of carbonyl (C=O) groups excluding carboxylic acids is 1. The molecule has 208 valence electrons. The second kappa shape index (κ2) is 11.2. The normalized spacial score (nSPS) is 16.9. The van der Waals surface area contributed by atoms with E-state index in [9.17, 15) is 24.6 Å². The van der Waals surface area contributed by atoms with Crippen LogP contribution in [0.5, 0.6) is 5.75 Å². The van der Waals surface area contributed by atoms with Crippen LogP contribution < -0.4 is 15.4 Å². The number of para-hydroxylation sites is 1. The molecule has 1 heterocycles. The van der Waals surface area contributed by atoms with Crippen molar-refractivity contribution in [1.29, 1.82) is 5.26 Å². The second-order valence-electron chi connectivity index (χ2n) is 10.1. The van der Waals surface area contributed by atoms with Crippen molar-refractivity contribution >= 4 is 33.1 Å². The maximum absolute atomic E-state index is 14.0. The third-order valence-corrected chi connectivity index (χ3v) is 8.20. The van der Waals surface area contributed by atoms with Crippen molar-refractivity contribution in [2.24, 2.45) is 5.73 Å². The van der Waals surface area contributed by atoms with Gasteiger partial charge in [0.15, 0.2) is 5.78 Å². The van der Waals surface area contributed by atoms with E-state index in [1.807, 2.05) is 50.2 Å². The van der Waals surface area contributed by atoms with Gasteiger partial charge in [0.2, 0.25) is 0 Å². The largest absolute Gasteiger partial charge is 0.488 e. The minimum absolute atomic E-state index is 0.00505. The average Bonchev–Trinajstić information content (AvgIpc) is 2.93. The summed E-state index contributed by atoms with van der Waals surface area (Å²) in [5, 5.41) is 22.3. The van der Waals surface area contributed by atoms with Gasteiger partial charge in [-0.3, -0.25) is 19.8 Å². The van der Waals surface area contributed by atoms with Crippen LogP contribution in [0.15, 0.2) is 81.7 Å². The molecular weight excluding hydrogens is 591 g/mol. The number of Topliss-reactive ketones (excluding diaryl/α,β-unsaturated/α-hetero) is 1. The standard InChI is InChI=1S/C31H26BrFN4O4/c1-17-12-18(2)21(13-19(17)16-41-28-9-4-3-6-23(28)32)29-22(15-34)31(35)36(25-7-5-8-27(38)30(25)29)24-11-10-20(33)14-26(24)37(39)40/h3-4,6,9-14,29H,5,7-8,16,35H2,1-2H3. The number of hydrogen-bond donors (Lipinski definition) is 1. The van der Waals surface area contributed by atoms with Crippen LogP contribution in [-0.2, 0) is 11.4 Å². The SMILES string of the molecule is Cc1cc(C)c(C2C(C#N)=C(N)N(c3ccc(F)cc3[N+](=O)[O-])C3=C2C(=O)CCC3)cc1COc1ccccc1Br. The number of rotatable bonds is 6. The summed E-state index contributed by atoms with van der Waals surface area (Å²) < 4.78 is 20.9. The van der Waals surface area contributed by atoms with Crippen LogP contribution in [0, 0.1) is 41.1 Å². The number of nitro groups is 1. The van der Waals surface area contributed by atoms with Crippen molar-refractivity contribution in [2.45, 2.75) is 45.6 Å². The number of ether oxygens (including phenoxy) is 1. The zero-order valence-electron chi connectivity index (χ0n) is 22.4. The van der Waals surface area contributed by atoms with Gasteiger partial charge in [-0.2, -0.15) is 5.26 Å². The summed E-state index contributed by atoms with van der Waals surface area (Å²) in [5.74, 6) is -1.04. The van der Waals surface area contributed by atoms with E-state index in [0.717, 1.165) is 38.9 Å². The number of allylic oxidation sites excluding steroid dienone is 3. The molecule has 0 saturated carbocycles. The van der Waals surface area contributed by atoms with Gasteiger partial charge in [0.05, 0.1) is 33.0 Å². The monoisotopic (exact) mass is 616 g/mol. The predicted octanol–water partition coefficient (Wildman–Crippen LogP) is 7.00. The molecule has 0 radical (unpaired) electrons. The number of anilines is 1. The van der Waals surface area contributed by atoms with E-state index in [1.165, 1.54) is 11.0 Å². The Morgan fingerprint density at radius 3 is 2.63 bits per heavy atom. The molecule has 0 amide bonds. The maximum atomic E-state index is 14.0. The summed E-state index contributed by atoms with van der Waals surface area (Å²) in [7, 11) is 0. The molecule has 41 heavy (non-hydrogen) atoms. The first kappa shape index (κ1) is 28.1. The molecule has 0 aromatic heterocycles. The molecule has 3 aromatic carbocycles. The highest BCUT2D eigenvalue weighted by molar-refractivity contribution is 9.10. The summed E-state index contributed by atoms with van der Waals surface area (Å²) >= 11 is 3.50. The summed E-state index contributed by atoms with van der Waals surface area (Å²) in [5.41, 5.74) is 10.5. The molecule has 1 aliphatic heterocycles. The van der Waals surface area contributed by atoms with Gasteiger partial charge in [-0.05, 0) is 89.1 Å². The van der Waals surface area contributed by atoms with E-state index < -0.39 is 22.3 Å². The number of hydrogen-bond acceptors (Lipinski definition) is 7. The number of carbonyl (C=O) groups is 1. The maximum Gasteiger partial charge on any atom is 0.296 e. The molecule has 1 unspecified atom stereocenters. The molecule has 2 aliphatic rings. The number of benzene rings is 3. The van der Waals surface area contributed by atoms with E-state index in [2.05, 4.69) is 22.0 Å². The molecule has 0 bridgehead atoms. The van der Waals surface area contributed by atoms with Crippen molar-refractivity contribution in [3.05, 3.63) is 120 Å². The van der Waals surface area contributed by atoms with Crippen LogP contribution in [0.2, 0.25) is 0 Å². The van der Waals surface area contributed by atoms with Gasteiger partial charge in [0, 0.05) is 17.7 Å². The van der Waals surface area contributed by atoms with Gasteiger partial charge >= 0.3 is 0 Å². The van der Waals surface area contributed by atoms with Crippen LogP contribution in [-0.4, -0.2) is 10.7 Å². The molecule has 1 aliphatic carbocycles. The first-order chi connectivity index (χ1) is 19.6. The highest BCUT2D eigenvalue weighted by Crippen LogP contribution is 2.48. The molecule has 2 N–H and O–H groups in total. The molecule has 0 spiro atoms. The van der Waals surface area contributed by atoms with E-state index in [4.69, 9.17) is 10.5 Å². The van der Waals surface area contributed by atoms with Crippen LogP contribution in [0.25, 0.3) is 0 Å². The number of halogens is 2. The Hall–Kier alpha value is -4.49. The first-order valence-corrected chi connectivity index (χ1v) is 13.8. The minimum atomic E-state index is -0.778. The predicted molar refractivity (Wildman–Crippen MR) is 155 cm³/mol. The lowest BCUT2D eigenvalue weighted by molar-refractivity contribution is -0.384. The Balaban J connectivity index is 1.67.